The summed E-state index contributed by atoms with van der Waals surface area (Å²) < 4.78 is 83.5. The molecule has 15 heteroatoms. The molecule has 0 aromatic carbocycles. The predicted molar refractivity (Wildman–Crippen MR) is 140 cm³/mol. The largest absolute Gasteiger partial charge is 0.458 e. The summed E-state index contributed by atoms with van der Waals surface area (Å²) in [5.41, 5.74) is -8.38. The fraction of sp³-hybridized carbons (Fsp3) is 0.808. The summed E-state index contributed by atoms with van der Waals surface area (Å²) in [5, 5.41) is 23.6. The molecule has 0 aliphatic heterocycles. The fourth-order valence-electron chi connectivity index (χ4n) is 8.35. The summed E-state index contributed by atoms with van der Waals surface area (Å²) in [6.07, 6.45) is -3.91. The molecule has 4 aliphatic carbocycles. The van der Waals surface area contributed by atoms with Crippen molar-refractivity contribution in [2.24, 2.45) is 28.6 Å². The van der Waals surface area contributed by atoms with E-state index < -0.39 is 109 Å². The van der Waals surface area contributed by atoms with Crippen LogP contribution in [0.5, 0.6) is 0 Å². The molecule has 41 heavy (non-hydrogen) atoms. The minimum absolute atomic E-state index is 0.0505. The Morgan fingerprint density at radius 2 is 1.71 bits per heavy atom. The molecule has 3 fully saturated rings. The zero-order chi connectivity index (χ0) is 31.1. The van der Waals surface area contributed by atoms with Crippen LogP contribution in [0, 0.1) is 28.6 Å². The Morgan fingerprint density at radius 1 is 1.12 bits per heavy atom. The zero-order valence-electron chi connectivity index (χ0n) is 23.7. The number of carbonyl (C=O) groups is 3. The number of rotatable bonds is 7. The van der Waals surface area contributed by atoms with Gasteiger partial charge in [-0.15, -0.1) is 0 Å². The molecule has 0 heterocycles. The Balaban J connectivity index is 1.99. The number of fused-ring (bicyclic) bond motifs is 5. The van der Waals surface area contributed by atoms with Gasteiger partial charge in [-0.05, 0) is 42.7 Å². The van der Waals surface area contributed by atoms with Crippen LogP contribution in [0.4, 0.5) is 4.39 Å². The maximum atomic E-state index is 18.0. The number of hydrogen-bond donors (Lipinski definition) is 2. The second-order valence-electron chi connectivity index (χ2n) is 12.5. The number of aliphatic hydroxyl groups is 2. The topological polar surface area (TPSA) is 188 Å². The normalized spacial score (nSPS) is 44.3. The summed E-state index contributed by atoms with van der Waals surface area (Å²) in [4.78, 5) is 37.3. The second kappa shape index (κ2) is 9.88. The van der Waals surface area contributed by atoms with Crippen LogP contribution in [-0.2, 0) is 47.7 Å². The molecule has 4 rings (SSSR count). The van der Waals surface area contributed by atoms with Crippen LogP contribution in [0.25, 0.3) is 0 Å². The smallest absolute Gasteiger partial charge is 0.303 e. The third kappa shape index (κ3) is 4.80. The Bertz CT molecular complexity index is 1410. The summed E-state index contributed by atoms with van der Waals surface area (Å²) in [6, 6.07) is 0. The number of esters is 1. The van der Waals surface area contributed by atoms with Crippen LogP contribution in [0.3, 0.4) is 0 Å². The van der Waals surface area contributed by atoms with Crippen LogP contribution in [0.15, 0.2) is 11.6 Å². The van der Waals surface area contributed by atoms with Gasteiger partial charge >= 0.3 is 5.97 Å². The van der Waals surface area contributed by atoms with Gasteiger partial charge in [-0.25, -0.2) is 4.39 Å². The van der Waals surface area contributed by atoms with Gasteiger partial charge in [-0.3, -0.25) is 22.7 Å². The molecule has 0 aromatic heterocycles. The Hall–Kier alpha value is -1.78. The lowest BCUT2D eigenvalue weighted by Crippen LogP contribution is -2.75. The summed E-state index contributed by atoms with van der Waals surface area (Å²) >= 11 is 0. The lowest BCUT2D eigenvalue weighted by atomic mass is 9.42. The first-order valence-corrected chi connectivity index (χ1v) is 16.9. The number of ketones is 2. The number of Topliss-reactive ketones (excluding diaryl/α,β-unsaturated/α-hetero) is 1. The van der Waals surface area contributed by atoms with E-state index in [1.165, 1.54) is 20.8 Å². The molecular formula is C26H37FO12S2. The van der Waals surface area contributed by atoms with E-state index in [0.717, 1.165) is 13.0 Å². The van der Waals surface area contributed by atoms with E-state index in [9.17, 15) is 41.4 Å². The SMILES string of the molecule is CC(=O)OCC(=O)[C@@]1(O)C(C)C[C@H]2[C@@H]3C(OS(C)(=O)=O)C(OS(C)(=O)=O)C4=CC(=O)CC[C@]4(C)[C@@]3(F)C(O)C[C@@]21C. The molecule has 0 spiro atoms. The van der Waals surface area contributed by atoms with Crippen molar-refractivity contribution in [1.29, 1.82) is 0 Å². The van der Waals surface area contributed by atoms with Crippen LogP contribution >= 0.6 is 0 Å². The molecular weight excluding hydrogens is 587 g/mol. The van der Waals surface area contributed by atoms with Gasteiger partial charge in [0.2, 0.25) is 5.78 Å². The molecule has 0 saturated heterocycles. The number of carbonyl (C=O) groups excluding carboxylic acids is 3. The second-order valence-corrected chi connectivity index (χ2v) is 15.7. The Morgan fingerprint density at radius 3 is 2.24 bits per heavy atom. The van der Waals surface area contributed by atoms with Gasteiger partial charge in [0.25, 0.3) is 20.2 Å². The van der Waals surface area contributed by atoms with Gasteiger partial charge < -0.3 is 14.9 Å². The van der Waals surface area contributed by atoms with Crippen LogP contribution in [-0.4, -0.2) is 93.3 Å². The lowest BCUT2D eigenvalue weighted by Gasteiger charge is -2.65. The zero-order valence-corrected chi connectivity index (χ0v) is 25.4. The molecule has 10 atom stereocenters. The van der Waals surface area contributed by atoms with Crippen molar-refractivity contribution in [3.8, 4) is 0 Å². The van der Waals surface area contributed by atoms with E-state index >= 15 is 4.39 Å². The van der Waals surface area contributed by atoms with Gasteiger partial charge in [-0.1, -0.05) is 20.8 Å². The lowest BCUT2D eigenvalue weighted by molar-refractivity contribution is -0.255. The monoisotopic (exact) mass is 624 g/mol. The fourth-order valence-corrected chi connectivity index (χ4v) is 9.56. The van der Waals surface area contributed by atoms with Gasteiger partial charge in [0.05, 0.1) is 18.6 Å². The molecule has 12 nitrogen and oxygen atoms in total. The van der Waals surface area contributed by atoms with E-state index in [1.807, 2.05) is 0 Å². The first-order chi connectivity index (χ1) is 18.5. The summed E-state index contributed by atoms with van der Waals surface area (Å²) in [7, 11) is -8.77. The summed E-state index contributed by atoms with van der Waals surface area (Å²) in [6.45, 7) is 4.73. The summed E-state index contributed by atoms with van der Waals surface area (Å²) in [5.74, 6) is -5.65. The number of aliphatic hydroxyl groups excluding tert-OH is 1. The van der Waals surface area contributed by atoms with Gasteiger partial charge in [0, 0.05) is 30.1 Å². The maximum absolute atomic E-state index is 18.0. The van der Waals surface area contributed by atoms with Crippen molar-refractivity contribution >= 4 is 37.8 Å². The van der Waals surface area contributed by atoms with Crippen molar-refractivity contribution in [3.05, 3.63) is 11.6 Å². The number of hydrogen-bond acceptors (Lipinski definition) is 12. The van der Waals surface area contributed by atoms with Crippen LogP contribution in [0.2, 0.25) is 0 Å². The van der Waals surface area contributed by atoms with E-state index in [0.29, 0.717) is 12.5 Å². The Kier molecular flexibility index (Phi) is 7.74. The minimum Gasteiger partial charge on any atom is -0.458 e. The van der Waals surface area contributed by atoms with E-state index in [-0.39, 0.29) is 24.8 Å². The van der Waals surface area contributed by atoms with Crippen LogP contribution in [0.1, 0.15) is 53.4 Å². The maximum Gasteiger partial charge on any atom is 0.303 e. The molecule has 0 aromatic rings. The van der Waals surface area contributed by atoms with Crippen molar-refractivity contribution in [1.82, 2.24) is 0 Å². The standard InChI is InChI=1S/C26H37FO12S2/c1-13-9-16-20-22(39-41(6,35)36)21(38-40(5,33)34)17-10-15(29)7-8-23(17,3)25(20,27)18(30)11-24(16,4)26(13,32)19(31)12-37-14(2)28/h10,13,16,18,20-22,30,32H,7-9,11-12H2,1-6H3/t13?,16-,18?,20+,21?,22?,23-,24-,25+,26-/m0/s1. The van der Waals surface area contributed by atoms with Gasteiger partial charge in [0.15, 0.2) is 18.1 Å². The van der Waals surface area contributed by atoms with E-state index in [2.05, 4.69) is 0 Å². The number of ether oxygens (including phenoxy) is 1. The van der Waals surface area contributed by atoms with Crippen molar-refractivity contribution in [2.45, 2.75) is 83.0 Å². The average molecular weight is 625 g/mol. The first kappa shape index (κ1) is 32.1. The third-order valence-corrected chi connectivity index (χ3v) is 11.2. The molecule has 2 N–H and O–H groups in total. The van der Waals surface area contributed by atoms with Crippen molar-refractivity contribution in [2.75, 3.05) is 19.1 Å². The molecule has 0 radical (unpaired) electrons. The highest BCUT2D eigenvalue weighted by molar-refractivity contribution is 7.86. The van der Waals surface area contributed by atoms with Crippen molar-refractivity contribution < 1.29 is 58.9 Å². The highest BCUT2D eigenvalue weighted by atomic mass is 32.2. The average Bonchev–Trinajstić information content (AvgIpc) is 3.01. The van der Waals surface area contributed by atoms with E-state index in [1.54, 1.807) is 0 Å². The van der Waals surface area contributed by atoms with Gasteiger partial charge in [0.1, 0.15) is 17.8 Å². The minimum atomic E-state index is -4.43. The van der Waals surface area contributed by atoms with E-state index in [4.69, 9.17) is 13.1 Å². The number of alkyl halides is 1. The molecule has 0 amide bonds. The van der Waals surface area contributed by atoms with Crippen molar-refractivity contribution in [3.63, 3.8) is 0 Å². The predicted octanol–water partition coefficient (Wildman–Crippen LogP) is 0.600. The van der Waals surface area contributed by atoms with Gasteiger partial charge in [-0.2, -0.15) is 16.8 Å². The highest BCUT2D eigenvalue weighted by Gasteiger charge is 2.79. The first-order valence-electron chi connectivity index (χ1n) is 13.3. The Labute approximate surface area is 238 Å². The van der Waals surface area contributed by atoms with Crippen LogP contribution < -0.4 is 0 Å². The molecule has 0 bridgehead atoms. The molecule has 232 valence electrons. The molecule has 4 aliphatic rings. The third-order valence-electron chi connectivity index (χ3n) is 10.1. The highest BCUT2D eigenvalue weighted by Crippen LogP contribution is 2.72. The molecule has 4 unspecified atom stereocenters. The number of halogens is 1. The quantitative estimate of drug-likeness (QED) is 0.297. The molecule has 3 saturated carbocycles.